The lowest BCUT2D eigenvalue weighted by molar-refractivity contribution is -0.149. The number of benzene rings is 1. The van der Waals surface area contributed by atoms with Crippen molar-refractivity contribution in [3.05, 3.63) is 42.0 Å². The highest BCUT2D eigenvalue weighted by Crippen LogP contribution is 2.26. The molecule has 1 saturated heterocycles. The summed E-state index contributed by atoms with van der Waals surface area (Å²) in [7, 11) is 0. The molecule has 3 atom stereocenters. The highest BCUT2D eigenvalue weighted by Gasteiger charge is 2.36. The Hall–Kier alpha value is -2.71. The Balaban J connectivity index is 2.23. The van der Waals surface area contributed by atoms with Crippen LogP contribution in [0.2, 0.25) is 0 Å². The van der Waals surface area contributed by atoms with Crippen LogP contribution in [0.5, 0.6) is 0 Å². The third-order valence-corrected chi connectivity index (χ3v) is 5.83. The Kier molecular flexibility index (Phi) is 11.2. The summed E-state index contributed by atoms with van der Waals surface area (Å²) in [5.74, 6) is -2.73. The summed E-state index contributed by atoms with van der Waals surface area (Å²) in [4.78, 5) is 39.1. The van der Waals surface area contributed by atoms with E-state index >= 15 is 0 Å². The van der Waals surface area contributed by atoms with Crippen molar-refractivity contribution in [2.45, 2.75) is 47.0 Å². The molecule has 1 aliphatic heterocycles. The fourth-order valence-corrected chi connectivity index (χ4v) is 4.14. The number of amides is 3. The van der Waals surface area contributed by atoms with E-state index in [4.69, 9.17) is 4.74 Å². The summed E-state index contributed by atoms with van der Waals surface area (Å²) in [6.07, 6.45) is 5.04. The van der Waals surface area contributed by atoms with E-state index in [0.717, 1.165) is 5.56 Å². The lowest BCUT2D eigenvalue weighted by Gasteiger charge is -2.31. The first kappa shape index (κ1) is 27.5. The van der Waals surface area contributed by atoms with Crippen molar-refractivity contribution in [1.82, 2.24) is 15.9 Å². The second-order valence-corrected chi connectivity index (χ2v) is 9.75. The first-order valence-electron chi connectivity index (χ1n) is 12.1. The number of carbonyl (C=O) groups is 3. The number of nitrogens with zero attached hydrogens (tertiary/aromatic N) is 1. The molecule has 34 heavy (non-hydrogen) atoms. The smallest absolute Gasteiger partial charge is 0.247 e. The van der Waals surface area contributed by atoms with E-state index in [0.29, 0.717) is 32.6 Å². The Labute approximate surface area is 202 Å². The maximum Gasteiger partial charge on any atom is 0.247 e. The Morgan fingerprint density at radius 1 is 1.09 bits per heavy atom. The van der Waals surface area contributed by atoms with Crippen molar-refractivity contribution < 1.29 is 24.3 Å². The van der Waals surface area contributed by atoms with Crippen LogP contribution in [0.4, 0.5) is 0 Å². The summed E-state index contributed by atoms with van der Waals surface area (Å²) in [6.45, 7) is 9.13. The monoisotopic (exact) mass is 473 g/mol. The molecule has 1 aromatic carbocycles. The highest BCUT2D eigenvalue weighted by molar-refractivity contribution is 5.89. The Morgan fingerprint density at radius 2 is 1.79 bits per heavy atom. The van der Waals surface area contributed by atoms with E-state index in [1.54, 1.807) is 5.48 Å². The number of hydroxylamine groups is 1. The largest absolute Gasteiger partial charge is 0.381 e. The number of carbonyl (C=O) groups excluding carboxylic acids is 3. The molecule has 1 heterocycles. The minimum atomic E-state index is -0.793. The van der Waals surface area contributed by atoms with Gasteiger partial charge in [0.25, 0.3) is 0 Å². The van der Waals surface area contributed by atoms with E-state index in [1.165, 1.54) is 5.01 Å². The van der Waals surface area contributed by atoms with Gasteiger partial charge in [-0.2, -0.15) is 0 Å². The molecule has 0 aliphatic carbocycles. The van der Waals surface area contributed by atoms with E-state index in [9.17, 15) is 19.6 Å². The van der Waals surface area contributed by atoms with Crippen molar-refractivity contribution >= 4 is 23.8 Å². The quantitative estimate of drug-likeness (QED) is 0.337. The van der Waals surface area contributed by atoms with Crippen molar-refractivity contribution in [2.24, 2.45) is 29.6 Å². The van der Waals surface area contributed by atoms with Gasteiger partial charge in [0.05, 0.1) is 24.4 Å². The number of nitrogens with one attached hydrogen (secondary N) is 2. The van der Waals surface area contributed by atoms with Gasteiger partial charge in [-0.3, -0.25) is 30.0 Å². The van der Waals surface area contributed by atoms with Crippen LogP contribution in [0.1, 0.15) is 52.5 Å². The summed E-state index contributed by atoms with van der Waals surface area (Å²) < 4.78 is 5.35. The molecule has 8 nitrogen and oxygen atoms in total. The van der Waals surface area contributed by atoms with Crippen LogP contribution in [0.25, 0.3) is 6.08 Å². The predicted octanol–water partition coefficient (Wildman–Crippen LogP) is 3.43. The SMILES string of the molecule is CC(C)C[C@@H](C(=O)NN(CC(C)C)C(=O)C1CCOC1)[C@H](C/C=C/c1ccccc1)C(=O)NO. The molecule has 1 aromatic rings. The van der Waals surface area contributed by atoms with Gasteiger partial charge in [-0.25, -0.2) is 5.48 Å². The van der Waals surface area contributed by atoms with Crippen LogP contribution < -0.4 is 10.9 Å². The second-order valence-electron chi connectivity index (χ2n) is 9.75. The van der Waals surface area contributed by atoms with Crippen LogP contribution in [-0.2, 0) is 19.1 Å². The molecular formula is C26H39N3O5. The zero-order valence-corrected chi connectivity index (χ0v) is 20.7. The zero-order valence-electron chi connectivity index (χ0n) is 20.7. The highest BCUT2D eigenvalue weighted by atomic mass is 16.5. The maximum absolute atomic E-state index is 13.5. The average Bonchev–Trinajstić information content (AvgIpc) is 3.34. The number of hydrogen-bond donors (Lipinski definition) is 3. The van der Waals surface area contributed by atoms with Crippen LogP contribution in [-0.4, -0.2) is 47.7 Å². The van der Waals surface area contributed by atoms with Crippen molar-refractivity contribution in [3.8, 4) is 0 Å². The average molecular weight is 474 g/mol. The Morgan fingerprint density at radius 3 is 2.35 bits per heavy atom. The number of rotatable bonds is 11. The molecule has 3 amide bonds. The molecule has 188 valence electrons. The minimum Gasteiger partial charge on any atom is -0.381 e. The molecule has 8 heteroatoms. The lowest BCUT2D eigenvalue weighted by atomic mass is 9.82. The third-order valence-electron chi connectivity index (χ3n) is 5.83. The zero-order chi connectivity index (χ0) is 25.1. The lowest BCUT2D eigenvalue weighted by Crippen LogP contribution is -2.53. The van der Waals surface area contributed by atoms with Gasteiger partial charge in [0.15, 0.2) is 0 Å². The number of ether oxygens (including phenoxy) is 1. The number of hydrogen-bond acceptors (Lipinski definition) is 5. The van der Waals surface area contributed by atoms with E-state index < -0.39 is 23.7 Å². The van der Waals surface area contributed by atoms with Gasteiger partial charge in [-0.05, 0) is 36.7 Å². The molecule has 0 bridgehead atoms. The molecule has 0 aromatic heterocycles. The van der Waals surface area contributed by atoms with Crippen LogP contribution in [0.15, 0.2) is 36.4 Å². The van der Waals surface area contributed by atoms with Crippen molar-refractivity contribution in [2.75, 3.05) is 19.8 Å². The van der Waals surface area contributed by atoms with Crippen molar-refractivity contribution in [1.29, 1.82) is 0 Å². The second kappa shape index (κ2) is 13.9. The Bertz CT molecular complexity index is 819. The molecule has 1 aliphatic rings. The fourth-order valence-electron chi connectivity index (χ4n) is 4.14. The van der Waals surface area contributed by atoms with Crippen LogP contribution in [0.3, 0.4) is 0 Å². The summed E-state index contributed by atoms with van der Waals surface area (Å²) in [5, 5.41) is 10.8. The predicted molar refractivity (Wildman–Crippen MR) is 130 cm³/mol. The van der Waals surface area contributed by atoms with Gasteiger partial charge in [-0.1, -0.05) is 70.2 Å². The molecule has 0 saturated carbocycles. The topological polar surface area (TPSA) is 108 Å². The van der Waals surface area contributed by atoms with Crippen LogP contribution >= 0.6 is 0 Å². The van der Waals surface area contributed by atoms with Gasteiger partial charge in [0.2, 0.25) is 17.7 Å². The summed E-state index contributed by atoms with van der Waals surface area (Å²) in [5.41, 5.74) is 5.50. The first-order chi connectivity index (χ1) is 16.2. The molecular weight excluding hydrogens is 434 g/mol. The normalized spacial score (nSPS) is 17.7. The van der Waals surface area contributed by atoms with Gasteiger partial charge in [0.1, 0.15) is 0 Å². The fraction of sp³-hybridized carbons (Fsp3) is 0.577. The standard InChI is InChI=1S/C26H39N3O5/c1-18(2)15-23(22(25(31)28-33)12-8-11-20-9-6-5-7-10-20)24(30)27-29(16-19(3)4)26(32)21-13-14-34-17-21/h5-11,18-19,21-23,33H,12-17H2,1-4H3,(H,27,30)(H,28,31)/b11-8+/t21?,22-,23+/m0/s1. The third kappa shape index (κ3) is 8.57. The van der Waals surface area contributed by atoms with E-state index in [2.05, 4.69) is 5.43 Å². The minimum absolute atomic E-state index is 0.125. The summed E-state index contributed by atoms with van der Waals surface area (Å²) >= 11 is 0. The molecule has 3 N–H and O–H groups in total. The first-order valence-corrected chi connectivity index (χ1v) is 12.1. The van der Waals surface area contributed by atoms with Crippen LogP contribution in [0, 0.1) is 29.6 Å². The van der Waals surface area contributed by atoms with Gasteiger partial charge in [-0.15, -0.1) is 0 Å². The van der Waals surface area contributed by atoms with Gasteiger partial charge >= 0.3 is 0 Å². The molecule has 1 unspecified atom stereocenters. The number of allylic oxidation sites excluding steroid dienone is 1. The molecule has 1 fully saturated rings. The van der Waals surface area contributed by atoms with E-state index in [1.807, 2.05) is 70.2 Å². The van der Waals surface area contributed by atoms with Gasteiger partial charge in [0, 0.05) is 13.2 Å². The van der Waals surface area contributed by atoms with Gasteiger partial charge < -0.3 is 4.74 Å². The summed E-state index contributed by atoms with van der Waals surface area (Å²) in [6, 6.07) is 9.64. The molecule has 0 radical (unpaired) electrons. The number of hydrazine groups is 1. The maximum atomic E-state index is 13.5. The van der Waals surface area contributed by atoms with E-state index in [-0.39, 0.29) is 30.1 Å². The van der Waals surface area contributed by atoms with Crippen molar-refractivity contribution in [3.63, 3.8) is 0 Å². The molecule has 0 spiro atoms. The molecule has 2 rings (SSSR count).